The van der Waals surface area contributed by atoms with Crippen molar-refractivity contribution in [2.24, 2.45) is 5.92 Å². The van der Waals surface area contributed by atoms with E-state index in [0.29, 0.717) is 5.06 Å². The van der Waals surface area contributed by atoms with Crippen molar-refractivity contribution in [3.63, 3.8) is 0 Å². The lowest BCUT2D eigenvalue weighted by Crippen LogP contribution is -2.35. The number of hydrogen-bond acceptors (Lipinski definition) is 6. The van der Waals surface area contributed by atoms with Gasteiger partial charge in [-0.3, -0.25) is 9.59 Å². The zero-order chi connectivity index (χ0) is 25.2. The van der Waals surface area contributed by atoms with Gasteiger partial charge in [0.1, 0.15) is 6.61 Å². The lowest BCUT2D eigenvalue weighted by Gasteiger charge is -2.17. The summed E-state index contributed by atoms with van der Waals surface area (Å²) in [5.74, 6) is -2.45. The number of imide groups is 1. The second kappa shape index (κ2) is 9.65. The van der Waals surface area contributed by atoms with E-state index in [4.69, 9.17) is 9.57 Å². The summed E-state index contributed by atoms with van der Waals surface area (Å²) >= 11 is 0. The molecule has 2 aliphatic rings. The Labute approximate surface area is 207 Å². The summed E-state index contributed by atoms with van der Waals surface area (Å²) in [5, 5.41) is 3.15. The molecule has 0 radical (unpaired) electrons. The Morgan fingerprint density at radius 1 is 0.833 bits per heavy atom. The summed E-state index contributed by atoms with van der Waals surface area (Å²) in [6.45, 7) is 2.09. The smallest absolute Gasteiger partial charge is 0.407 e. The summed E-state index contributed by atoms with van der Waals surface area (Å²) in [5.41, 5.74) is 4.92. The standard InChI is InChI=1S/C28H24N2O6/c1-17(14-25(31)36-30-26(32)22-12-6-7-13-23(22)27(30)33)15-29-28(34)35-16-24-20-10-4-2-8-18(20)19-9-3-5-11-21(19)24/h2-13,17,24H,14-16H2,1H3,(H,29,34). The van der Waals surface area contributed by atoms with Crippen molar-refractivity contribution >= 4 is 23.9 Å². The van der Waals surface area contributed by atoms with E-state index in [0.717, 1.165) is 22.3 Å². The number of benzene rings is 3. The van der Waals surface area contributed by atoms with Crippen molar-refractivity contribution in [3.8, 4) is 11.1 Å². The van der Waals surface area contributed by atoms with Gasteiger partial charge in [0.15, 0.2) is 0 Å². The van der Waals surface area contributed by atoms with Crippen LogP contribution in [0.15, 0.2) is 72.8 Å². The molecule has 0 aromatic heterocycles. The number of nitrogens with one attached hydrogen (secondary N) is 1. The fourth-order valence-corrected chi connectivity index (χ4v) is 4.65. The van der Waals surface area contributed by atoms with Gasteiger partial charge in [0.05, 0.1) is 17.5 Å². The predicted molar refractivity (Wildman–Crippen MR) is 130 cm³/mol. The number of alkyl carbamates (subject to hydrolysis) is 1. The van der Waals surface area contributed by atoms with Crippen LogP contribution in [-0.4, -0.2) is 42.1 Å². The lowest BCUT2D eigenvalue weighted by atomic mass is 9.98. The van der Waals surface area contributed by atoms with Gasteiger partial charge < -0.3 is 14.9 Å². The maximum Gasteiger partial charge on any atom is 0.407 e. The second-order valence-electron chi connectivity index (χ2n) is 8.93. The maximum absolute atomic E-state index is 12.4. The van der Waals surface area contributed by atoms with E-state index in [1.807, 2.05) is 36.4 Å². The van der Waals surface area contributed by atoms with Crippen LogP contribution in [0.5, 0.6) is 0 Å². The number of hydrogen-bond donors (Lipinski definition) is 1. The second-order valence-corrected chi connectivity index (χ2v) is 8.93. The number of rotatable bonds is 7. The van der Waals surface area contributed by atoms with Gasteiger partial charge in [-0.05, 0) is 40.3 Å². The third-order valence-electron chi connectivity index (χ3n) is 6.40. The monoisotopic (exact) mass is 484 g/mol. The molecular formula is C28H24N2O6. The van der Waals surface area contributed by atoms with Crippen LogP contribution >= 0.6 is 0 Å². The van der Waals surface area contributed by atoms with Gasteiger partial charge in [0.25, 0.3) is 11.8 Å². The average Bonchev–Trinajstić information content (AvgIpc) is 3.33. The van der Waals surface area contributed by atoms with Gasteiger partial charge in [-0.2, -0.15) is 0 Å². The van der Waals surface area contributed by atoms with Crippen molar-refractivity contribution in [1.29, 1.82) is 0 Å². The van der Waals surface area contributed by atoms with E-state index in [1.54, 1.807) is 19.1 Å². The van der Waals surface area contributed by atoms with Crippen LogP contribution < -0.4 is 5.32 Å². The average molecular weight is 485 g/mol. The van der Waals surface area contributed by atoms with Gasteiger partial charge >= 0.3 is 12.1 Å². The molecule has 1 unspecified atom stereocenters. The first-order valence-electron chi connectivity index (χ1n) is 11.7. The molecule has 8 heteroatoms. The summed E-state index contributed by atoms with van der Waals surface area (Å²) in [6, 6.07) is 22.4. The molecule has 5 rings (SSSR count). The van der Waals surface area contributed by atoms with Crippen LogP contribution in [0.25, 0.3) is 11.1 Å². The molecule has 0 saturated heterocycles. The van der Waals surface area contributed by atoms with Gasteiger partial charge in [0.2, 0.25) is 0 Å². The number of ether oxygens (including phenoxy) is 1. The van der Waals surface area contributed by atoms with Crippen molar-refractivity contribution in [1.82, 2.24) is 10.4 Å². The molecule has 1 aliphatic heterocycles. The molecule has 1 heterocycles. The van der Waals surface area contributed by atoms with Gasteiger partial charge in [0, 0.05) is 12.5 Å². The Hall–Kier alpha value is -4.46. The van der Waals surface area contributed by atoms with Gasteiger partial charge in [-0.1, -0.05) is 72.7 Å². The molecule has 0 bridgehead atoms. The summed E-state index contributed by atoms with van der Waals surface area (Å²) in [7, 11) is 0. The third kappa shape index (κ3) is 4.33. The van der Waals surface area contributed by atoms with Gasteiger partial charge in [-0.25, -0.2) is 9.59 Å². The largest absolute Gasteiger partial charge is 0.449 e. The molecular weight excluding hydrogens is 460 g/mol. The fraction of sp³-hybridized carbons (Fsp3) is 0.214. The molecule has 182 valence electrons. The van der Waals surface area contributed by atoms with Crippen LogP contribution in [-0.2, 0) is 14.4 Å². The number of fused-ring (bicyclic) bond motifs is 4. The number of hydroxylamine groups is 2. The molecule has 1 N–H and O–H groups in total. The Morgan fingerprint density at radius 2 is 1.33 bits per heavy atom. The van der Waals surface area contributed by atoms with Crippen molar-refractivity contribution in [2.45, 2.75) is 19.3 Å². The van der Waals surface area contributed by atoms with E-state index >= 15 is 0 Å². The quantitative estimate of drug-likeness (QED) is 0.502. The molecule has 3 aromatic carbocycles. The molecule has 3 aromatic rings. The zero-order valence-corrected chi connectivity index (χ0v) is 19.6. The Kier molecular flexibility index (Phi) is 6.25. The van der Waals surface area contributed by atoms with Gasteiger partial charge in [-0.15, -0.1) is 0 Å². The minimum absolute atomic E-state index is 0.0461. The molecule has 36 heavy (non-hydrogen) atoms. The van der Waals surface area contributed by atoms with E-state index in [1.165, 1.54) is 12.1 Å². The summed E-state index contributed by atoms with van der Waals surface area (Å²) in [4.78, 5) is 54.4. The Balaban J connectivity index is 1.10. The number of carbonyl (C=O) groups excluding carboxylic acids is 4. The molecule has 0 spiro atoms. The molecule has 0 saturated carbocycles. The van der Waals surface area contributed by atoms with Crippen molar-refractivity contribution in [3.05, 3.63) is 95.1 Å². The first-order chi connectivity index (χ1) is 17.4. The highest BCUT2D eigenvalue weighted by Gasteiger charge is 2.38. The van der Waals surface area contributed by atoms with E-state index in [-0.39, 0.29) is 42.5 Å². The summed E-state index contributed by atoms with van der Waals surface area (Å²) < 4.78 is 5.50. The van der Waals surface area contributed by atoms with E-state index in [9.17, 15) is 19.2 Å². The molecule has 1 aliphatic carbocycles. The van der Waals surface area contributed by atoms with Crippen LogP contribution in [0.4, 0.5) is 4.79 Å². The Bertz CT molecular complexity index is 1290. The first-order valence-corrected chi connectivity index (χ1v) is 11.7. The van der Waals surface area contributed by atoms with Crippen molar-refractivity contribution in [2.75, 3.05) is 13.2 Å². The minimum Gasteiger partial charge on any atom is -0.449 e. The SMILES string of the molecule is CC(CNC(=O)OCC1c2ccccc2-c2ccccc21)CC(=O)ON1C(=O)c2ccccc2C1=O. The molecule has 1 atom stereocenters. The van der Waals surface area contributed by atoms with Crippen LogP contribution in [0, 0.1) is 5.92 Å². The predicted octanol–water partition coefficient (Wildman–Crippen LogP) is 4.31. The zero-order valence-electron chi connectivity index (χ0n) is 19.6. The van der Waals surface area contributed by atoms with E-state index < -0.39 is 23.9 Å². The van der Waals surface area contributed by atoms with E-state index in [2.05, 4.69) is 17.4 Å². The van der Waals surface area contributed by atoms with Crippen LogP contribution in [0.2, 0.25) is 0 Å². The molecule has 8 nitrogen and oxygen atoms in total. The lowest BCUT2D eigenvalue weighted by molar-refractivity contribution is -0.169. The highest BCUT2D eigenvalue weighted by molar-refractivity contribution is 6.20. The molecule has 3 amide bonds. The number of nitrogens with zero attached hydrogens (tertiary/aromatic N) is 1. The topological polar surface area (TPSA) is 102 Å². The minimum atomic E-state index is -0.744. The third-order valence-corrected chi connectivity index (χ3v) is 6.40. The highest BCUT2D eigenvalue weighted by atomic mass is 16.7. The summed E-state index contributed by atoms with van der Waals surface area (Å²) in [6.07, 6.45) is -0.686. The number of amides is 3. The normalized spacial score (nSPS) is 14.6. The molecule has 0 fully saturated rings. The highest BCUT2D eigenvalue weighted by Crippen LogP contribution is 2.44. The van der Waals surface area contributed by atoms with Crippen LogP contribution in [0.1, 0.15) is 51.1 Å². The fourth-order valence-electron chi connectivity index (χ4n) is 4.65. The maximum atomic E-state index is 12.4. The Morgan fingerprint density at radius 3 is 1.89 bits per heavy atom. The van der Waals surface area contributed by atoms with Crippen molar-refractivity contribution < 1.29 is 28.8 Å². The van der Waals surface area contributed by atoms with Crippen LogP contribution in [0.3, 0.4) is 0 Å². The first kappa shape index (κ1) is 23.3. The number of carbonyl (C=O) groups is 4.